The van der Waals surface area contributed by atoms with Gasteiger partial charge in [0.2, 0.25) is 0 Å². The number of rotatable bonds is 3. The van der Waals surface area contributed by atoms with E-state index in [1.807, 2.05) is 62.3 Å². The van der Waals surface area contributed by atoms with Gasteiger partial charge in [0.25, 0.3) is 0 Å². The molecule has 10 heteroatoms. The van der Waals surface area contributed by atoms with E-state index in [1.54, 1.807) is 18.2 Å². The summed E-state index contributed by atoms with van der Waals surface area (Å²) >= 11 is 0. The van der Waals surface area contributed by atoms with Gasteiger partial charge in [-0.05, 0) is 36.4 Å². The van der Waals surface area contributed by atoms with Gasteiger partial charge in [0, 0.05) is 16.2 Å². The number of carbonyl (C=O) groups is 3. The largest absolute Gasteiger partial charge is 3.00 e. The van der Waals surface area contributed by atoms with Crippen molar-refractivity contribution in [3.05, 3.63) is 71.0 Å². The molecule has 9 nitrogen and oxygen atoms in total. The minimum Gasteiger partial charge on any atom is -0.542 e. The van der Waals surface area contributed by atoms with Crippen LogP contribution in [0.5, 0.6) is 0 Å². The van der Waals surface area contributed by atoms with Crippen LogP contribution in [0.15, 0.2) is 49.6 Å². The Labute approximate surface area is 227 Å². The van der Waals surface area contributed by atoms with Gasteiger partial charge >= 0.3 is 17.4 Å². The maximum atomic E-state index is 10.3. The number of hydrogen-bond donors (Lipinski definition) is 0. The second-order valence-corrected chi connectivity index (χ2v) is 11.1. The van der Waals surface area contributed by atoms with Crippen LogP contribution in [0.3, 0.4) is 0 Å². The van der Waals surface area contributed by atoms with Gasteiger partial charge in [-0.1, -0.05) is 62.3 Å². The first kappa shape index (κ1) is 33.8. The van der Waals surface area contributed by atoms with Crippen molar-refractivity contribution >= 4 is 17.9 Å². The fraction of sp³-hybridized carbons (Fsp3) is 0.444. The Morgan fingerprint density at radius 1 is 0.486 bits per heavy atom. The van der Waals surface area contributed by atoms with Gasteiger partial charge in [-0.3, -0.25) is 0 Å². The van der Waals surface area contributed by atoms with Gasteiger partial charge in [0.15, 0.2) is 0 Å². The maximum Gasteiger partial charge on any atom is 3.00 e. The fourth-order valence-corrected chi connectivity index (χ4v) is 2.55. The molecular weight excluding hydrogens is 520 g/mol. The molecule has 0 saturated carbocycles. The number of carboxylic acid groups (broad SMARTS) is 3. The van der Waals surface area contributed by atoms with E-state index in [9.17, 15) is 29.7 Å². The van der Waals surface area contributed by atoms with E-state index in [1.165, 1.54) is 18.2 Å². The number of carbonyl (C=O) groups excluding carboxylic acids is 3. The number of aromatic carboxylic acids is 3. The van der Waals surface area contributed by atoms with Crippen LogP contribution in [0.25, 0.3) is 0 Å². The molecule has 37 heavy (non-hydrogen) atoms. The predicted molar refractivity (Wildman–Crippen MR) is 125 cm³/mol. The molecule has 1 radical (unpaired) electrons. The van der Waals surface area contributed by atoms with Crippen LogP contribution in [0, 0.1) is 0 Å². The van der Waals surface area contributed by atoms with E-state index >= 15 is 0 Å². The SMILES string of the molecule is CC(C)(C)c1ccc(C(=O)[O-])o1.CC(C)(C)c1ccc(C(=O)[O-])o1.CC(C)(C)c1ccc(C(=O)[O-])o1.[Cr+3]. The molecule has 0 bridgehead atoms. The average molecular weight is 554 g/mol. The second kappa shape index (κ2) is 12.8. The summed E-state index contributed by atoms with van der Waals surface area (Å²) in [5.74, 6) is -2.19. The van der Waals surface area contributed by atoms with E-state index in [-0.39, 0.29) is 50.9 Å². The summed E-state index contributed by atoms with van der Waals surface area (Å²) in [6, 6.07) is 9.21. The van der Waals surface area contributed by atoms with E-state index in [2.05, 4.69) is 0 Å². The summed E-state index contributed by atoms with van der Waals surface area (Å²) in [6.07, 6.45) is 0. The van der Waals surface area contributed by atoms with Crippen LogP contribution in [-0.2, 0) is 33.6 Å². The van der Waals surface area contributed by atoms with E-state index in [0.717, 1.165) is 0 Å². The molecule has 0 aliphatic heterocycles. The van der Waals surface area contributed by atoms with Crippen LogP contribution in [0.4, 0.5) is 0 Å². The van der Waals surface area contributed by atoms with Gasteiger partial charge < -0.3 is 43.0 Å². The number of hydrogen-bond acceptors (Lipinski definition) is 9. The summed E-state index contributed by atoms with van der Waals surface area (Å²) in [7, 11) is 0. The molecule has 201 valence electrons. The van der Waals surface area contributed by atoms with Gasteiger partial charge in [0.1, 0.15) is 52.5 Å². The quantitative estimate of drug-likeness (QED) is 0.475. The van der Waals surface area contributed by atoms with Gasteiger partial charge in [-0.25, -0.2) is 0 Å². The third-order valence-corrected chi connectivity index (χ3v) is 4.64. The third-order valence-electron chi connectivity index (χ3n) is 4.64. The Hall–Kier alpha value is -3.22. The van der Waals surface area contributed by atoms with Gasteiger partial charge in [-0.2, -0.15) is 0 Å². The van der Waals surface area contributed by atoms with Crippen molar-refractivity contribution in [3.63, 3.8) is 0 Å². The van der Waals surface area contributed by atoms with Gasteiger partial charge in [0.05, 0.1) is 0 Å². The molecule has 0 saturated heterocycles. The molecule has 3 rings (SSSR count). The molecular formula is C27H33CrO9. The molecule has 0 atom stereocenters. The fourth-order valence-electron chi connectivity index (χ4n) is 2.55. The first-order chi connectivity index (χ1) is 16.2. The Morgan fingerprint density at radius 3 is 0.757 bits per heavy atom. The minimum absolute atomic E-state index is 0. The Bertz CT molecular complexity index is 1030. The normalized spacial score (nSPS) is 11.3. The van der Waals surface area contributed by atoms with Crippen molar-refractivity contribution in [2.24, 2.45) is 0 Å². The van der Waals surface area contributed by atoms with Crippen LogP contribution >= 0.6 is 0 Å². The molecule has 0 aliphatic rings. The Morgan fingerprint density at radius 2 is 0.676 bits per heavy atom. The first-order valence-corrected chi connectivity index (χ1v) is 11.2. The summed E-state index contributed by atoms with van der Waals surface area (Å²) in [6.45, 7) is 17.5. The smallest absolute Gasteiger partial charge is 0.542 e. The molecule has 3 aromatic heterocycles. The molecule has 0 aliphatic carbocycles. The zero-order valence-electron chi connectivity index (χ0n) is 22.5. The monoisotopic (exact) mass is 553 g/mol. The Balaban J connectivity index is 0.000000518. The zero-order valence-corrected chi connectivity index (χ0v) is 23.8. The van der Waals surface area contributed by atoms with Crippen molar-refractivity contribution in [2.75, 3.05) is 0 Å². The average Bonchev–Trinajstić information content (AvgIpc) is 3.47. The van der Waals surface area contributed by atoms with Gasteiger partial charge in [-0.15, -0.1) is 0 Å². The van der Waals surface area contributed by atoms with E-state index in [0.29, 0.717) is 17.3 Å². The van der Waals surface area contributed by atoms with E-state index in [4.69, 9.17) is 13.3 Å². The third kappa shape index (κ3) is 10.7. The predicted octanol–water partition coefficient (Wildman–Crippen LogP) is 2.82. The summed E-state index contributed by atoms with van der Waals surface area (Å²) in [5, 5.41) is 31.0. The molecule has 0 aromatic carbocycles. The molecule has 0 fully saturated rings. The van der Waals surface area contributed by atoms with E-state index < -0.39 is 17.9 Å². The van der Waals surface area contributed by atoms with Crippen LogP contribution in [0.1, 0.15) is 111 Å². The van der Waals surface area contributed by atoms with Crippen molar-refractivity contribution in [1.82, 2.24) is 0 Å². The molecule has 0 unspecified atom stereocenters. The topological polar surface area (TPSA) is 160 Å². The summed E-state index contributed by atoms with van der Waals surface area (Å²) < 4.78 is 15.1. The second-order valence-electron chi connectivity index (χ2n) is 11.1. The van der Waals surface area contributed by atoms with Crippen molar-refractivity contribution in [2.45, 2.75) is 78.6 Å². The van der Waals surface area contributed by atoms with Crippen molar-refractivity contribution in [1.29, 1.82) is 0 Å². The summed E-state index contributed by atoms with van der Waals surface area (Å²) in [4.78, 5) is 31.0. The number of carboxylic acids is 3. The van der Waals surface area contributed by atoms with Crippen LogP contribution < -0.4 is 15.3 Å². The molecule has 0 spiro atoms. The van der Waals surface area contributed by atoms with Crippen molar-refractivity contribution < 1.29 is 60.3 Å². The number of furan rings is 3. The zero-order chi connectivity index (χ0) is 28.1. The molecule has 0 amide bonds. The maximum absolute atomic E-state index is 10.3. The Kier molecular flexibility index (Phi) is 11.7. The molecule has 3 heterocycles. The molecule has 0 N–H and O–H groups in total. The van der Waals surface area contributed by atoms with Crippen LogP contribution in [0.2, 0.25) is 0 Å². The standard InChI is InChI=1S/3C9H12O3.Cr/c3*1-9(2,3)7-5-4-6(12-7)8(10)11;/h3*4-5H,1-3H3,(H,10,11);/q;;;+3/p-3. The van der Waals surface area contributed by atoms with Crippen LogP contribution in [-0.4, -0.2) is 17.9 Å². The minimum atomic E-state index is -1.27. The summed E-state index contributed by atoms with van der Waals surface area (Å²) in [5.41, 5.74) is -0.477. The molecule has 3 aromatic rings. The van der Waals surface area contributed by atoms with Crippen molar-refractivity contribution in [3.8, 4) is 0 Å². The first-order valence-electron chi connectivity index (χ1n) is 11.2.